The first kappa shape index (κ1) is 18.3. The second kappa shape index (κ2) is 6.37. The third-order valence-corrected chi connectivity index (χ3v) is 5.15. The number of nitrogens with one attached hydrogen (secondary N) is 2. The maximum Gasteiger partial charge on any atom is 0.416 e. The van der Waals surface area contributed by atoms with Crippen LogP contribution in [0.15, 0.2) is 36.9 Å². The molecule has 0 bridgehead atoms. The van der Waals surface area contributed by atoms with Crippen molar-refractivity contribution in [3.8, 4) is 5.82 Å². The number of carbonyl (C=O) groups excluding carboxylic acids is 1. The number of hydrogen-bond donors (Lipinski definition) is 2. The van der Waals surface area contributed by atoms with Crippen molar-refractivity contribution in [3.05, 3.63) is 59.3 Å². The first-order chi connectivity index (χ1) is 14.3. The molecule has 1 aliphatic rings. The van der Waals surface area contributed by atoms with Gasteiger partial charge in [-0.25, -0.2) is 15.0 Å². The van der Waals surface area contributed by atoms with Crippen molar-refractivity contribution in [2.45, 2.75) is 25.4 Å². The van der Waals surface area contributed by atoms with Crippen molar-refractivity contribution in [2.24, 2.45) is 0 Å². The van der Waals surface area contributed by atoms with Gasteiger partial charge in [0.1, 0.15) is 17.7 Å². The number of fused-ring (bicyclic) bond motifs is 2. The van der Waals surface area contributed by atoms with E-state index in [-0.39, 0.29) is 12.0 Å². The summed E-state index contributed by atoms with van der Waals surface area (Å²) in [4.78, 5) is 27.8. The zero-order valence-corrected chi connectivity index (χ0v) is 15.5. The first-order valence-electron chi connectivity index (χ1n) is 9.04. The first-order valence-corrected chi connectivity index (χ1v) is 9.04. The molecule has 0 fully saturated rings. The van der Waals surface area contributed by atoms with Crippen LogP contribution in [0.1, 0.15) is 34.7 Å². The maximum atomic E-state index is 13.6. The fraction of sp³-hybridized carbons (Fsp3) is 0.211. The van der Waals surface area contributed by atoms with Crippen LogP contribution in [-0.2, 0) is 11.0 Å². The molecule has 152 valence electrons. The van der Waals surface area contributed by atoms with E-state index in [9.17, 15) is 18.0 Å². The fourth-order valence-corrected chi connectivity index (χ4v) is 3.94. The Kier molecular flexibility index (Phi) is 3.88. The quantitative estimate of drug-likeness (QED) is 0.525. The largest absolute Gasteiger partial charge is 0.416 e. The Morgan fingerprint density at radius 1 is 1.17 bits per heavy atom. The summed E-state index contributed by atoms with van der Waals surface area (Å²) in [5, 5.41) is 7.23. The number of aromatic amines is 1. The van der Waals surface area contributed by atoms with Crippen LogP contribution in [0.5, 0.6) is 0 Å². The third-order valence-electron chi connectivity index (χ3n) is 5.15. The molecule has 30 heavy (non-hydrogen) atoms. The van der Waals surface area contributed by atoms with Crippen LogP contribution in [0.2, 0.25) is 0 Å². The molecule has 4 aromatic rings. The fourth-order valence-electron chi connectivity index (χ4n) is 3.94. The molecule has 1 atom stereocenters. The van der Waals surface area contributed by atoms with Gasteiger partial charge >= 0.3 is 6.18 Å². The van der Waals surface area contributed by atoms with E-state index in [0.29, 0.717) is 34.1 Å². The smallest absolute Gasteiger partial charge is 0.340 e. The van der Waals surface area contributed by atoms with Crippen LogP contribution in [0.25, 0.3) is 17.0 Å². The van der Waals surface area contributed by atoms with Crippen molar-refractivity contribution in [1.29, 1.82) is 0 Å². The SMILES string of the molecule is Cc1nn(-c2ncnc3nc[nH]c23)c2c1[C@@H](c1ccccc1C(F)(F)F)CC(=O)N2. The monoisotopic (exact) mass is 413 g/mol. The number of amides is 1. The predicted octanol–water partition coefficient (Wildman–Crippen LogP) is 3.34. The summed E-state index contributed by atoms with van der Waals surface area (Å²) in [5.41, 5.74) is 1.20. The van der Waals surface area contributed by atoms with E-state index in [1.54, 1.807) is 6.92 Å². The summed E-state index contributed by atoms with van der Waals surface area (Å²) in [6.45, 7) is 1.70. The molecule has 0 saturated heterocycles. The van der Waals surface area contributed by atoms with Gasteiger partial charge in [-0.2, -0.15) is 23.0 Å². The van der Waals surface area contributed by atoms with Crippen LogP contribution in [-0.4, -0.2) is 35.6 Å². The summed E-state index contributed by atoms with van der Waals surface area (Å²) < 4.78 is 42.3. The molecule has 0 aliphatic carbocycles. The predicted molar refractivity (Wildman–Crippen MR) is 100 cm³/mol. The minimum absolute atomic E-state index is 0.0399. The number of aryl methyl sites for hydroxylation is 1. The average Bonchev–Trinajstić information content (AvgIpc) is 3.31. The lowest BCUT2D eigenvalue weighted by Crippen LogP contribution is -2.26. The molecular weight excluding hydrogens is 399 g/mol. The number of imidazole rings is 1. The Bertz CT molecular complexity index is 1290. The van der Waals surface area contributed by atoms with E-state index in [2.05, 4.69) is 30.4 Å². The van der Waals surface area contributed by atoms with Crippen molar-refractivity contribution >= 4 is 22.9 Å². The third kappa shape index (κ3) is 2.73. The summed E-state index contributed by atoms with van der Waals surface area (Å²) >= 11 is 0. The molecule has 2 N–H and O–H groups in total. The number of aromatic nitrogens is 6. The van der Waals surface area contributed by atoms with Crippen molar-refractivity contribution in [3.63, 3.8) is 0 Å². The van der Waals surface area contributed by atoms with Gasteiger partial charge in [0.25, 0.3) is 0 Å². The van der Waals surface area contributed by atoms with Gasteiger partial charge in [0.2, 0.25) is 5.91 Å². The Morgan fingerprint density at radius 2 is 1.97 bits per heavy atom. The zero-order valence-electron chi connectivity index (χ0n) is 15.5. The molecule has 1 aromatic carbocycles. The van der Waals surface area contributed by atoms with Gasteiger partial charge in [0.15, 0.2) is 11.5 Å². The zero-order chi connectivity index (χ0) is 21.0. The maximum absolute atomic E-state index is 13.6. The second-order valence-electron chi connectivity index (χ2n) is 6.95. The molecule has 0 saturated carbocycles. The van der Waals surface area contributed by atoms with Crippen LogP contribution < -0.4 is 5.32 Å². The van der Waals surface area contributed by atoms with E-state index < -0.39 is 23.6 Å². The molecule has 11 heteroatoms. The van der Waals surface area contributed by atoms with Gasteiger partial charge in [0.05, 0.1) is 17.6 Å². The Labute approximate surface area is 167 Å². The normalized spacial score (nSPS) is 16.5. The van der Waals surface area contributed by atoms with Crippen LogP contribution >= 0.6 is 0 Å². The lowest BCUT2D eigenvalue weighted by Gasteiger charge is -2.26. The number of rotatable bonds is 2. The average molecular weight is 413 g/mol. The Morgan fingerprint density at radius 3 is 2.77 bits per heavy atom. The van der Waals surface area contributed by atoms with Gasteiger partial charge in [-0.05, 0) is 18.6 Å². The summed E-state index contributed by atoms with van der Waals surface area (Å²) in [6.07, 6.45) is -1.89. The summed E-state index contributed by atoms with van der Waals surface area (Å²) in [6, 6.07) is 5.31. The number of hydrogen-bond acceptors (Lipinski definition) is 5. The second-order valence-corrected chi connectivity index (χ2v) is 6.95. The highest BCUT2D eigenvalue weighted by molar-refractivity contribution is 5.95. The molecule has 0 spiro atoms. The molecule has 8 nitrogen and oxygen atoms in total. The van der Waals surface area contributed by atoms with E-state index in [0.717, 1.165) is 6.07 Å². The summed E-state index contributed by atoms with van der Waals surface area (Å²) in [5.74, 6) is -0.563. The number of anilines is 1. The minimum Gasteiger partial charge on any atom is -0.340 e. The molecule has 4 heterocycles. The molecule has 1 amide bonds. The highest BCUT2D eigenvalue weighted by Crippen LogP contribution is 2.44. The Balaban J connectivity index is 1.74. The van der Waals surface area contributed by atoms with E-state index in [4.69, 9.17) is 0 Å². The van der Waals surface area contributed by atoms with Crippen molar-refractivity contribution < 1.29 is 18.0 Å². The van der Waals surface area contributed by atoms with Gasteiger partial charge in [-0.1, -0.05) is 18.2 Å². The van der Waals surface area contributed by atoms with Crippen LogP contribution in [0.4, 0.5) is 19.0 Å². The van der Waals surface area contributed by atoms with Gasteiger partial charge in [-0.3, -0.25) is 4.79 Å². The van der Waals surface area contributed by atoms with Gasteiger partial charge in [-0.15, -0.1) is 0 Å². The van der Waals surface area contributed by atoms with E-state index in [1.807, 2.05) is 0 Å². The molecule has 0 unspecified atom stereocenters. The van der Waals surface area contributed by atoms with Gasteiger partial charge in [0, 0.05) is 17.9 Å². The Hall–Kier alpha value is -3.76. The minimum atomic E-state index is -4.54. The highest BCUT2D eigenvalue weighted by atomic mass is 19.4. The highest BCUT2D eigenvalue weighted by Gasteiger charge is 2.39. The molecule has 1 aliphatic heterocycles. The summed E-state index contributed by atoms with van der Waals surface area (Å²) in [7, 11) is 0. The lowest BCUT2D eigenvalue weighted by atomic mass is 9.83. The number of carbonyl (C=O) groups is 1. The molecule has 5 rings (SSSR count). The van der Waals surface area contributed by atoms with Crippen LogP contribution in [0, 0.1) is 6.92 Å². The van der Waals surface area contributed by atoms with E-state index >= 15 is 0 Å². The standard InChI is InChI=1S/C19H14F3N7O/c1-9-14-11(10-4-2-3-5-12(10)19(20,21)22)6-13(30)27-17(14)29(28-9)18-15-16(24-7-23-15)25-8-26-18/h2-5,7-8,11H,6H2,1H3,(H,27,30)(H,23,24,25,26)/t11-/m1/s1. The molecule has 0 radical (unpaired) electrons. The number of halogens is 3. The number of H-pyrrole nitrogens is 1. The van der Waals surface area contributed by atoms with Crippen molar-refractivity contribution in [2.75, 3.05) is 5.32 Å². The molecular formula is C19H14F3N7O. The van der Waals surface area contributed by atoms with Crippen molar-refractivity contribution in [1.82, 2.24) is 29.7 Å². The number of benzene rings is 1. The van der Waals surface area contributed by atoms with Gasteiger partial charge < -0.3 is 10.3 Å². The van der Waals surface area contributed by atoms with E-state index in [1.165, 1.54) is 35.5 Å². The van der Waals surface area contributed by atoms with Crippen LogP contribution in [0.3, 0.4) is 0 Å². The lowest BCUT2D eigenvalue weighted by molar-refractivity contribution is -0.138. The number of alkyl halides is 3. The molecule has 3 aromatic heterocycles. The topological polar surface area (TPSA) is 101 Å². The number of nitrogens with zero attached hydrogens (tertiary/aromatic N) is 5.